The van der Waals surface area contributed by atoms with E-state index in [1.165, 1.54) is 6.92 Å². The van der Waals surface area contributed by atoms with E-state index in [0.717, 1.165) is 0 Å². The van der Waals surface area contributed by atoms with E-state index in [1.54, 1.807) is 13.8 Å². The number of carboxylic acid groups (broad SMARTS) is 1. The molecular weight excluding hydrogens is 146 g/mol. The normalized spacial score (nSPS) is 12.7. The Labute approximate surface area is 65.6 Å². The number of hydrogen-bond acceptors (Lipinski definition) is 3. The smallest absolute Gasteiger partial charge is 0.217 e. The molecule has 4 heteroatoms. The Balaban J connectivity index is 4.12. The van der Waals surface area contributed by atoms with E-state index in [1.807, 2.05) is 0 Å². The molecule has 0 aromatic rings. The van der Waals surface area contributed by atoms with Gasteiger partial charge in [-0.15, -0.1) is 0 Å². The van der Waals surface area contributed by atoms with Crippen molar-refractivity contribution in [2.45, 2.75) is 26.8 Å². The van der Waals surface area contributed by atoms with E-state index in [4.69, 9.17) is 0 Å². The van der Waals surface area contributed by atoms with Gasteiger partial charge in [-0.25, -0.2) is 0 Å². The highest BCUT2D eigenvalue weighted by atomic mass is 16.4. The second-order valence-corrected chi connectivity index (χ2v) is 2.74. The van der Waals surface area contributed by atoms with Crippen molar-refractivity contribution >= 4 is 11.9 Å². The molecule has 0 aromatic carbocycles. The first-order valence-electron chi connectivity index (χ1n) is 3.43. The highest BCUT2D eigenvalue weighted by molar-refractivity contribution is 5.81. The molecule has 0 saturated heterocycles. The molecule has 0 bridgehead atoms. The fraction of sp³-hybridized carbons (Fsp3) is 0.714. The molecule has 0 unspecified atom stereocenters. The van der Waals surface area contributed by atoms with Crippen molar-refractivity contribution in [3.05, 3.63) is 0 Å². The van der Waals surface area contributed by atoms with Gasteiger partial charge in [0.15, 0.2) is 0 Å². The lowest BCUT2D eigenvalue weighted by molar-refractivity contribution is -0.309. The average Bonchev–Trinajstić information content (AvgIpc) is 1.81. The van der Waals surface area contributed by atoms with Gasteiger partial charge < -0.3 is 15.2 Å². The Morgan fingerprint density at radius 2 is 1.82 bits per heavy atom. The summed E-state index contributed by atoms with van der Waals surface area (Å²) in [4.78, 5) is 20.8. The Kier molecular flexibility index (Phi) is 3.57. The maximum atomic E-state index is 10.5. The third-order valence-corrected chi connectivity index (χ3v) is 1.28. The van der Waals surface area contributed by atoms with Crippen LogP contribution in [-0.2, 0) is 9.59 Å². The van der Waals surface area contributed by atoms with Crippen LogP contribution in [0.2, 0.25) is 0 Å². The van der Waals surface area contributed by atoms with Crippen LogP contribution >= 0.6 is 0 Å². The van der Waals surface area contributed by atoms with Crippen molar-refractivity contribution in [2.24, 2.45) is 5.92 Å². The largest absolute Gasteiger partial charge is 0.548 e. The Hall–Kier alpha value is -1.06. The van der Waals surface area contributed by atoms with Gasteiger partial charge in [0.05, 0.1) is 12.0 Å². The minimum Gasteiger partial charge on any atom is -0.548 e. The zero-order valence-electron chi connectivity index (χ0n) is 6.88. The summed E-state index contributed by atoms with van der Waals surface area (Å²) in [5, 5.41) is 12.6. The Bertz CT molecular complexity index is 165. The van der Waals surface area contributed by atoms with Crippen molar-refractivity contribution in [3.63, 3.8) is 0 Å². The number of carboxylic acids is 1. The molecule has 0 rings (SSSR count). The molecule has 0 radical (unpaired) electrons. The van der Waals surface area contributed by atoms with Crippen LogP contribution in [-0.4, -0.2) is 17.9 Å². The van der Waals surface area contributed by atoms with Crippen LogP contribution in [0.3, 0.4) is 0 Å². The zero-order valence-corrected chi connectivity index (χ0v) is 6.88. The predicted octanol–water partition coefficient (Wildman–Crippen LogP) is -1.10. The first kappa shape index (κ1) is 9.94. The van der Waals surface area contributed by atoms with E-state index in [9.17, 15) is 14.7 Å². The number of carbonyl (C=O) groups excluding carboxylic acids is 2. The summed E-state index contributed by atoms with van der Waals surface area (Å²) in [5.74, 6) is -1.74. The van der Waals surface area contributed by atoms with E-state index in [0.29, 0.717) is 0 Å². The predicted molar refractivity (Wildman–Crippen MR) is 37.4 cm³/mol. The lowest BCUT2D eigenvalue weighted by atomic mass is 10.1. The number of carbonyl (C=O) groups is 2. The summed E-state index contributed by atoms with van der Waals surface area (Å²) in [6.07, 6.45) is 0. The molecule has 1 N–H and O–H groups in total. The van der Waals surface area contributed by atoms with Gasteiger partial charge >= 0.3 is 0 Å². The molecule has 1 atom stereocenters. The molecule has 0 aromatic heterocycles. The van der Waals surface area contributed by atoms with Crippen molar-refractivity contribution in [3.8, 4) is 0 Å². The highest BCUT2D eigenvalue weighted by Gasteiger charge is 2.14. The van der Waals surface area contributed by atoms with Crippen LogP contribution in [0.25, 0.3) is 0 Å². The first-order valence-corrected chi connectivity index (χ1v) is 3.43. The molecule has 0 spiro atoms. The van der Waals surface area contributed by atoms with Crippen LogP contribution in [0.4, 0.5) is 0 Å². The van der Waals surface area contributed by atoms with E-state index >= 15 is 0 Å². The van der Waals surface area contributed by atoms with Gasteiger partial charge in [0.1, 0.15) is 0 Å². The van der Waals surface area contributed by atoms with Crippen molar-refractivity contribution < 1.29 is 14.7 Å². The number of hydrogen-bond donors (Lipinski definition) is 1. The Morgan fingerprint density at radius 1 is 1.36 bits per heavy atom. The molecule has 0 aliphatic heterocycles. The SMILES string of the molecule is CC(=O)N[C@H](C(=O)[O-])C(C)C. The maximum Gasteiger partial charge on any atom is 0.217 e. The van der Waals surface area contributed by atoms with Gasteiger partial charge in [-0.05, 0) is 5.92 Å². The summed E-state index contributed by atoms with van der Waals surface area (Å²) < 4.78 is 0. The highest BCUT2D eigenvalue weighted by Crippen LogP contribution is 1.99. The monoisotopic (exact) mass is 158 g/mol. The molecule has 4 nitrogen and oxygen atoms in total. The third-order valence-electron chi connectivity index (χ3n) is 1.28. The minimum absolute atomic E-state index is 0.149. The number of nitrogens with one attached hydrogen (secondary N) is 1. The van der Waals surface area contributed by atoms with Gasteiger partial charge in [-0.1, -0.05) is 13.8 Å². The number of aliphatic carboxylic acids is 1. The van der Waals surface area contributed by atoms with E-state index in [2.05, 4.69) is 5.32 Å². The molecule has 11 heavy (non-hydrogen) atoms. The molecule has 0 heterocycles. The fourth-order valence-corrected chi connectivity index (χ4v) is 0.717. The topological polar surface area (TPSA) is 69.2 Å². The molecule has 0 fully saturated rings. The van der Waals surface area contributed by atoms with Gasteiger partial charge in [-0.2, -0.15) is 0 Å². The molecular formula is C7H12NO3-. The summed E-state index contributed by atoms with van der Waals surface area (Å²) in [5.41, 5.74) is 0. The molecule has 0 saturated carbocycles. The van der Waals surface area contributed by atoms with Crippen LogP contribution < -0.4 is 10.4 Å². The third kappa shape index (κ3) is 3.60. The van der Waals surface area contributed by atoms with Crippen molar-refractivity contribution in [1.29, 1.82) is 0 Å². The zero-order chi connectivity index (χ0) is 9.02. The average molecular weight is 158 g/mol. The maximum absolute atomic E-state index is 10.5. The molecule has 1 amide bonds. The standard InChI is InChI=1S/C7H13NO3/c1-4(2)6(7(10)11)8-5(3)9/h4,6H,1-3H3,(H,8,9)(H,10,11)/p-1/t6-/m0/s1. The van der Waals surface area contributed by atoms with Gasteiger partial charge in [0.2, 0.25) is 5.91 Å². The quantitative estimate of drug-likeness (QED) is 0.566. The number of amides is 1. The lowest BCUT2D eigenvalue weighted by Gasteiger charge is -2.22. The summed E-state index contributed by atoms with van der Waals surface area (Å²) in [7, 11) is 0. The summed E-state index contributed by atoms with van der Waals surface area (Å²) >= 11 is 0. The van der Waals surface area contributed by atoms with E-state index < -0.39 is 12.0 Å². The van der Waals surface area contributed by atoms with Gasteiger partial charge in [-0.3, -0.25) is 4.79 Å². The summed E-state index contributed by atoms with van der Waals surface area (Å²) in [6, 6.07) is -0.882. The van der Waals surface area contributed by atoms with Crippen LogP contribution in [0, 0.1) is 5.92 Å². The molecule has 64 valence electrons. The van der Waals surface area contributed by atoms with Gasteiger partial charge in [0, 0.05) is 6.92 Å². The van der Waals surface area contributed by atoms with E-state index in [-0.39, 0.29) is 11.8 Å². The van der Waals surface area contributed by atoms with Crippen molar-refractivity contribution in [1.82, 2.24) is 5.32 Å². The minimum atomic E-state index is -1.24. The Morgan fingerprint density at radius 3 is 1.91 bits per heavy atom. The summed E-state index contributed by atoms with van der Waals surface area (Å²) in [6.45, 7) is 4.69. The van der Waals surface area contributed by atoms with Crippen LogP contribution in [0.1, 0.15) is 20.8 Å². The molecule has 0 aliphatic rings. The lowest BCUT2D eigenvalue weighted by Crippen LogP contribution is -2.50. The fourth-order valence-electron chi connectivity index (χ4n) is 0.717. The first-order chi connectivity index (χ1) is 4.95. The second kappa shape index (κ2) is 3.95. The van der Waals surface area contributed by atoms with Crippen LogP contribution in [0.5, 0.6) is 0 Å². The second-order valence-electron chi connectivity index (χ2n) is 2.74. The van der Waals surface area contributed by atoms with Crippen LogP contribution in [0.15, 0.2) is 0 Å². The van der Waals surface area contributed by atoms with Gasteiger partial charge in [0.25, 0.3) is 0 Å². The van der Waals surface area contributed by atoms with Crippen molar-refractivity contribution in [2.75, 3.05) is 0 Å². The molecule has 0 aliphatic carbocycles. The number of rotatable bonds is 3.